The van der Waals surface area contributed by atoms with Gasteiger partial charge in [-0.1, -0.05) is 0 Å². The largest absolute Gasteiger partial charge is 0.385 e. The minimum Gasteiger partial charge on any atom is -0.385 e. The van der Waals surface area contributed by atoms with E-state index in [0.717, 1.165) is 37.2 Å². The maximum absolute atomic E-state index is 6.38. The highest BCUT2D eigenvalue weighted by molar-refractivity contribution is 5.02. The number of hydrogen-bond donors (Lipinski definition) is 1. The summed E-state index contributed by atoms with van der Waals surface area (Å²) in [5.74, 6) is 3.17. The van der Waals surface area contributed by atoms with Crippen LogP contribution in [0.4, 0.5) is 0 Å². The van der Waals surface area contributed by atoms with E-state index in [-0.39, 0.29) is 0 Å². The van der Waals surface area contributed by atoms with Gasteiger partial charge in [0.15, 0.2) is 0 Å². The fourth-order valence-electron chi connectivity index (χ4n) is 5.69. The Kier molecular flexibility index (Phi) is 3.68. The summed E-state index contributed by atoms with van der Waals surface area (Å²) in [4.78, 5) is 0. The molecule has 0 amide bonds. The van der Waals surface area contributed by atoms with Crippen LogP contribution < -0.4 is 5.73 Å². The third kappa shape index (κ3) is 2.60. The Labute approximate surface area is 112 Å². The molecule has 4 rings (SSSR count). The van der Waals surface area contributed by atoms with Crippen LogP contribution in [0.2, 0.25) is 0 Å². The maximum atomic E-state index is 6.38. The quantitative estimate of drug-likeness (QED) is 0.735. The summed E-state index contributed by atoms with van der Waals surface area (Å²) in [7, 11) is 1.78. The molecular formula is C16H29NO. The summed E-state index contributed by atoms with van der Waals surface area (Å²) in [5, 5.41) is 0. The maximum Gasteiger partial charge on any atom is 0.0462 e. The van der Waals surface area contributed by atoms with E-state index in [1.165, 1.54) is 44.9 Å². The summed E-state index contributed by atoms with van der Waals surface area (Å²) >= 11 is 0. The lowest BCUT2D eigenvalue weighted by molar-refractivity contribution is -0.0608. The van der Waals surface area contributed by atoms with E-state index >= 15 is 0 Å². The van der Waals surface area contributed by atoms with Gasteiger partial charge in [-0.2, -0.15) is 0 Å². The highest BCUT2D eigenvalue weighted by Gasteiger charge is 2.50. The number of hydrogen-bond acceptors (Lipinski definition) is 2. The Morgan fingerprint density at radius 2 is 1.67 bits per heavy atom. The van der Waals surface area contributed by atoms with Gasteiger partial charge in [-0.25, -0.2) is 0 Å². The highest BCUT2D eigenvalue weighted by atomic mass is 16.5. The van der Waals surface area contributed by atoms with E-state index in [1.807, 2.05) is 0 Å². The molecule has 0 saturated heterocycles. The van der Waals surface area contributed by atoms with E-state index in [9.17, 15) is 0 Å². The van der Waals surface area contributed by atoms with Crippen LogP contribution in [-0.2, 0) is 4.74 Å². The molecular weight excluding hydrogens is 222 g/mol. The second-order valence-electron chi connectivity index (χ2n) is 7.52. The Morgan fingerprint density at radius 1 is 1.11 bits per heavy atom. The molecule has 4 bridgehead atoms. The monoisotopic (exact) mass is 251 g/mol. The van der Waals surface area contributed by atoms with Gasteiger partial charge < -0.3 is 10.5 Å². The first-order valence-corrected chi connectivity index (χ1v) is 7.94. The predicted octanol–water partition coefficient (Wildman–Crippen LogP) is 3.35. The summed E-state index contributed by atoms with van der Waals surface area (Å²) in [6.45, 7) is 0.870. The molecule has 4 aliphatic carbocycles. The molecule has 4 saturated carbocycles. The first-order valence-electron chi connectivity index (χ1n) is 7.94. The van der Waals surface area contributed by atoms with E-state index in [4.69, 9.17) is 10.5 Å². The molecule has 0 aromatic carbocycles. The second-order valence-corrected chi connectivity index (χ2v) is 7.52. The van der Waals surface area contributed by atoms with Gasteiger partial charge in [0.2, 0.25) is 0 Å². The van der Waals surface area contributed by atoms with Crippen LogP contribution in [0.1, 0.15) is 57.8 Å². The minimum absolute atomic E-state index is 0.413. The molecule has 1 unspecified atom stereocenters. The van der Waals surface area contributed by atoms with Crippen molar-refractivity contribution < 1.29 is 4.74 Å². The van der Waals surface area contributed by atoms with Crippen molar-refractivity contribution in [3.63, 3.8) is 0 Å². The van der Waals surface area contributed by atoms with Crippen LogP contribution >= 0.6 is 0 Å². The molecule has 4 aliphatic rings. The van der Waals surface area contributed by atoms with E-state index in [2.05, 4.69) is 0 Å². The lowest BCUT2D eigenvalue weighted by atomic mass is 9.48. The van der Waals surface area contributed by atoms with E-state index in [1.54, 1.807) is 7.11 Å². The number of rotatable bonds is 6. The zero-order valence-corrected chi connectivity index (χ0v) is 11.9. The normalized spacial score (nSPS) is 43.3. The average Bonchev–Trinajstić information content (AvgIpc) is 2.26. The smallest absolute Gasteiger partial charge is 0.0462 e. The van der Waals surface area contributed by atoms with Gasteiger partial charge in [-0.15, -0.1) is 0 Å². The van der Waals surface area contributed by atoms with Crippen LogP contribution in [0, 0.1) is 23.2 Å². The molecule has 18 heavy (non-hydrogen) atoms. The zero-order chi connectivity index (χ0) is 12.6. The first-order chi connectivity index (χ1) is 8.69. The average molecular weight is 251 g/mol. The predicted molar refractivity (Wildman–Crippen MR) is 74.3 cm³/mol. The van der Waals surface area contributed by atoms with Gasteiger partial charge in [-0.3, -0.25) is 0 Å². The SMILES string of the molecule is COCCCC(N)CC12CC3CC(CC(C3)C1)C2. The molecule has 2 nitrogen and oxygen atoms in total. The van der Waals surface area contributed by atoms with Crippen molar-refractivity contribution in [2.75, 3.05) is 13.7 Å². The van der Waals surface area contributed by atoms with Crippen LogP contribution in [0.5, 0.6) is 0 Å². The van der Waals surface area contributed by atoms with Gasteiger partial charge in [0.1, 0.15) is 0 Å². The van der Waals surface area contributed by atoms with Crippen molar-refractivity contribution in [1.29, 1.82) is 0 Å². The van der Waals surface area contributed by atoms with Crippen molar-refractivity contribution in [2.24, 2.45) is 28.9 Å². The second kappa shape index (κ2) is 5.13. The Bertz CT molecular complexity index is 254. The van der Waals surface area contributed by atoms with Crippen molar-refractivity contribution in [1.82, 2.24) is 0 Å². The zero-order valence-electron chi connectivity index (χ0n) is 11.9. The molecule has 104 valence electrons. The number of nitrogens with two attached hydrogens (primary N) is 1. The third-order valence-corrected chi connectivity index (χ3v) is 5.78. The molecule has 2 heteroatoms. The Balaban J connectivity index is 1.55. The van der Waals surface area contributed by atoms with Gasteiger partial charge >= 0.3 is 0 Å². The third-order valence-electron chi connectivity index (χ3n) is 5.78. The van der Waals surface area contributed by atoms with Crippen LogP contribution in [0.3, 0.4) is 0 Å². The molecule has 0 heterocycles. The topological polar surface area (TPSA) is 35.2 Å². The molecule has 1 atom stereocenters. The molecule has 0 spiro atoms. The van der Waals surface area contributed by atoms with Crippen molar-refractivity contribution >= 4 is 0 Å². The Hall–Kier alpha value is -0.0800. The summed E-state index contributed by atoms with van der Waals surface area (Å²) in [6.07, 6.45) is 12.7. The van der Waals surface area contributed by atoms with Crippen molar-refractivity contribution in [3.05, 3.63) is 0 Å². The van der Waals surface area contributed by atoms with Crippen molar-refractivity contribution in [2.45, 2.75) is 63.8 Å². The summed E-state index contributed by atoms with van der Waals surface area (Å²) in [5.41, 5.74) is 7.03. The van der Waals surface area contributed by atoms with E-state index < -0.39 is 0 Å². The molecule has 0 radical (unpaired) electrons. The lowest BCUT2D eigenvalue weighted by Crippen LogP contribution is -2.48. The van der Waals surface area contributed by atoms with Crippen molar-refractivity contribution in [3.8, 4) is 0 Å². The molecule has 4 fully saturated rings. The molecule has 0 aromatic rings. The Morgan fingerprint density at radius 3 is 2.17 bits per heavy atom. The van der Waals surface area contributed by atoms with Crippen LogP contribution in [0.25, 0.3) is 0 Å². The van der Waals surface area contributed by atoms with Gasteiger partial charge in [0.05, 0.1) is 0 Å². The number of ether oxygens (including phenoxy) is 1. The highest BCUT2D eigenvalue weighted by Crippen LogP contribution is 2.61. The lowest BCUT2D eigenvalue weighted by Gasteiger charge is -2.57. The molecule has 0 aliphatic heterocycles. The number of methoxy groups -OCH3 is 1. The fourth-order valence-corrected chi connectivity index (χ4v) is 5.69. The fraction of sp³-hybridized carbons (Fsp3) is 1.00. The summed E-state index contributed by atoms with van der Waals surface area (Å²) < 4.78 is 5.13. The van der Waals surface area contributed by atoms with Crippen LogP contribution in [0.15, 0.2) is 0 Å². The first kappa shape index (κ1) is 12.9. The minimum atomic E-state index is 0.413. The molecule has 0 aromatic heterocycles. The van der Waals surface area contributed by atoms with Gasteiger partial charge in [-0.05, 0) is 81.0 Å². The standard InChI is InChI=1S/C16H29NO/c1-18-4-2-3-15(17)11-16-8-12-5-13(9-16)7-14(6-12)10-16/h12-15H,2-11,17H2,1H3. The van der Waals surface area contributed by atoms with E-state index in [0.29, 0.717) is 11.5 Å². The van der Waals surface area contributed by atoms with Gasteiger partial charge in [0.25, 0.3) is 0 Å². The molecule has 2 N–H and O–H groups in total. The summed E-state index contributed by atoms with van der Waals surface area (Å²) in [6, 6.07) is 0.413. The van der Waals surface area contributed by atoms with Crippen LogP contribution in [-0.4, -0.2) is 19.8 Å². The van der Waals surface area contributed by atoms with Gasteiger partial charge in [0, 0.05) is 19.8 Å².